The molecule has 0 unspecified atom stereocenters. The zero-order chi connectivity index (χ0) is 26.9. The lowest BCUT2D eigenvalue weighted by Gasteiger charge is -2.29. The van der Waals surface area contributed by atoms with Gasteiger partial charge in [-0.1, -0.05) is 45.7 Å². The standard InChI is InChI=1S/C29H35F3O5/c1-4-6-17-35-24-16-15-23(26(31)27(24)32)28(33)36-21-11-7-19(8-12-21)20-9-13-22(14-10-20)37-29(34)25(30)18(3)5-2/h7-8,11-12,15-16,18,20,22,25H,4-6,9-10,13-14,17H2,1-3H3/t18-,20?,22?,25-/m0/s1. The van der Waals surface area contributed by atoms with Gasteiger partial charge >= 0.3 is 11.9 Å². The fraction of sp³-hybridized carbons (Fsp3) is 0.517. The predicted molar refractivity (Wildman–Crippen MR) is 134 cm³/mol. The van der Waals surface area contributed by atoms with Crippen molar-refractivity contribution in [2.45, 2.75) is 83.9 Å². The first kappa shape index (κ1) is 28.5. The van der Waals surface area contributed by atoms with Crippen LogP contribution in [0.4, 0.5) is 13.2 Å². The van der Waals surface area contributed by atoms with Gasteiger partial charge in [-0.05, 0) is 73.8 Å². The van der Waals surface area contributed by atoms with E-state index in [1.807, 2.05) is 26.0 Å². The Labute approximate surface area is 216 Å². The Morgan fingerprint density at radius 1 is 0.973 bits per heavy atom. The number of ether oxygens (including phenoxy) is 3. The summed E-state index contributed by atoms with van der Waals surface area (Å²) in [5.41, 5.74) is 0.513. The van der Waals surface area contributed by atoms with Crippen molar-refractivity contribution < 1.29 is 37.0 Å². The molecule has 0 N–H and O–H groups in total. The number of hydrogen-bond acceptors (Lipinski definition) is 5. The van der Waals surface area contributed by atoms with Crippen molar-refractivity contribution >= 4 is 11.9 Å². The molecule has 202 valence electrons. The number of rotatable bonds is 11. The van der Waals surface area contributed by atoms with E-state index >= 15 is 0 Å². The number of alkyl halides is 1. The summed E-state index contributed by atoms with van der Waals surface area (Å²) in [6.07, 6.45) is 3.07. The van der Waals surface area contributed by atoms with Crippen LogP contribution in [-0.2, 0) is 9.53 Å². The highest BCUT2D eigenvalue weighted by atomic mass is 19.2. The Bertz CT molecular complexity index is 1050. The van der Waals surface area contributed by atoms with E-state index in [9.17, 15) is 22.8 Å². The molecule has 0 saturated heterocycles. The average Bonchev–Trinajstić information content (AvgIpc) is 2.91. The SMILES string of the molecule is CCCCOc1ccc(C(=O)Oc2ccc(C3CCC(OC(=O)[C@@H](F)[C@@H](C)CC)CC3)cc2)c(F)c1F. The van der Waals surface area contributed by atoms with E-state index in [-0.39, 0.29) is 36.0 Å². The third-order valence-electron chi connectivity index (χ3n) is 6.91. The summed E-state index contributed by atoms with van der Waals surface area (Å²) < 4.78 is 58.7. The molecule has 0 spiro atoms. The molecule has 1 saturated carbocycles. The first-order valence-corrected chi connectivity index (χ1v) is 13.0. The predicted octanol–water partition coefficient (Wildman–Crippen LogP) is 7.32. The zero-order valence-electron chi connectivity index (χ0n) is 21.6. The first-order valence-electron chi connectivity index (χ1n) is 13.0. The fourth-order valence-corrected chi connectivity index (χ4v) is 4.28. The number of esters is 2. The second-order valence-corrected chi connectivity index (χ2v) is 9.60. The maximum Gasteiger partial charge on any atom is 0.346 e. The molecule has 1 aliphatic rings. The minimum Gasteiger partial charge on any atom is -0.490 e. The molecular weight excluding hydrogens is 485 g/mol. The highest BCUT2D eigenvalue weighted by molar-refractivity contribution is 5.91. The maximum atomic E-state index is 14.4. The summed E-state index contributed by atoms with van der Waals surface area (Å²) in [6, 6.07) is 9.23. The largest absolute Gasteiger partial charge is 0.490 e. The second kappa shape index (κ2) is 13.5. The summed E-state index contributed by atoms with van der Waals surface area (Å²) in [5, 5.41) is 0. The molecule has 5 nitrogen and oxygen atoms in total. The topological polar surface area (TPSA) is 61.8 Å². The van der Waals surface area contributed by atoms with Crippen LogP contribution in [0.5, 0.6) is 11.5 Å². The van der Waals surface area contributed by atoms with E-state index in [0.717, 1.165) is 30.9 Å². The minimum absolute atomic E-state index is 0.207. The number of halogens is 3. The lowest BCUT2D eigenvalue weighted by atomic mass is 9.82. The molecule has 0 aromatic heterocycles. The zero-order valence-corrected chi connectivity index (χ0v) is 21.6. The summed E-state index contributed by atoms with van der Waals surface area (Å²) in [7, 11) is 0. The second-order valence-electron chi connectivity index (χ2n) is 9.60. The summed E-state index contributed by atoms with van der Waals surface area (Å²) in [5.74, 6) is -4.48. The minimum atomic E-state index is -1.60. The Morgan fingerprint density at radius 2 is 1.65 bits per heavy atom. The van der Waals surface area contributed by atoms with Gasteiger partial charge in [-0.15, -0.1) is 0 Å². The molecular formula is C29H35F3O5. The molecule has 0 aliphatic heterocycles. The van der Waals surface area contributed by atoms with Crippen LogP contribution >= 0.6 is 0 Å². The van der Waals surface area contributed by atoms with Crippen LogP contribution in [0.15, 0.2) is 36.4 Å². The number of hydrogen-bond donors (Lipinski definition) is 0. The maximum absolute atomic E-state index is 14.4. The molecule has 0 amide bonds. The van der Waals surface area contributed by atoms with Gasteiger partial charge in [0.15, 0.2) is 17.7 Å². The van der Waals surface area contributed by atoms with Gasteiger partial charge in [-0.3, -0.25) is 0 Å². The molecule has 0 heterocycles. The lowest BCUT2D eigenvalue weighted by Crippen LogP contribution is -2.31. The van der Waals surface area contributed by atoms with Gasteiger partial charge in [0.05, 0.1) is 12.2 Å². The molecule has 3 rings (SSSR count). The first-order chi connectivity index (χ1) is 17.7. The van der Waals surface area contributed by atoms with E-state index in [1.165, 1.54) is 6.07 Å². The van der Waals surface area contributed by atoms with Crippen molar-refractivity contribution in [1.82, 2.24) is 0 Å². The summed E-state index contributed by atoms with van der Waals surface area (Å²) in [6.45, 7) is 5.74. The highest BCUT2D eigenvalue weighted by Crippen LogP contribution is 2.35. The molecule has 0 radical (unpaired) electrons. The summed E-state index contributed by atoms with van der Waals surface area (Å²) in [4.78, 5) is 24.5. The van der Waals surface area contributed by atoms with E-state index in [0.29, 0.717) is 25.7 Å². The Kier molecular flexibility index (Phi) is 10.4. The average molecular weight is 521 g/mol. The quantitative estimate of drug-likeness (QED) is 0.177. The van der Waals surface area contributed by atoms with Crippen LogP contribution in [0.2, 0.25) is 0 Å². The van der Waals surface area contributed by atoms with Crippen molar-refractivity contribution in [3.8, 4) is 11.5 Å². The third kappa shape index (κ3) is 7.49. The molecule has 1 fully saturated rings. The molecule has 1 aliphatic carbocycles. The summed E-state index contributed by atoms with van der Waals surface area (Å²) >= 11 is 0. The van der Waals surface area contributed by atoms with Crippen molar-refractivity contribution in [2.24, 2.45) is 5.92 Å². The highest BCUT2D eigenvalue weighted by Gasteiger charge is 2.30. The van der Waals surface area contributed by atoms with Crippen molar-refractivity contribution in [2.75, 3.05) is 6.61 Å². The number of benzene rings is 2. The van der Waals surface area contributed by atoms with E-state index in [4.69, 9.17) is 14.2 Å². The molecule has 2 aromatic rings. The van der Waals surface area contributed by atoms with Gasteiger partial charge < -0.3 is 14.2 Å². The Balaban J connectivity index is 1.53. The number of unbranched alkanes of at least 4 members (excludes halogenated alkanes) is 1. The Morgan fingerprint density at radius 3 is 2.27 bits per heavy atom. The van der Waals surface area contributed by atoms with Crippen LogP contribution in [0, 0.1) is 17.6 Å². The van der Waals surface area contributed by atoms with Gasteiger partial charge in [0.2, 0.25) is 5.82 Å². The lowest BCUT2D eigenvalue weighted by molar-refractivity contribution is -0.158. The Hall–Kier alpha value is -3.03. The molecule has 2 atom stereocenters. The molecule has 8 heteroatoms. The van der Waals surface area contributed by atoms with Crippen molar-refractivity contribution in [3.63, 3.8) is 0 Å². The van der Waals surface area contributed by atoms with E-state index in [2.05, 4.69) is 0 Å². The van der Waals surface area contributed by atoms with Gasteiger partial charge in [-0.2, -0.15) is 4.39 Å². The molecule has 0 bridgehead atoms. The van der Waals surface area contributed by atoms with Crippen molar-refractivity contribution in [3.05, 3.63) is 59.2 Å². The normalized spacial score (nSPS) is 19.1. The van der Waals surface area contributed by atoms with E-state index < -0.39 is 35.3 Å². The van der Waals surface area contributed by atoms with Gasteiger partial charge in [0, 0.05) is 0 Å². The van der Waals surface area contributed by atoms with Gasteiger partial charge in [0.1, 0.15) is 11.9 Å². The number of carbonyl (C=O) groups excluding carboxylic acids is 2. The van der Waals surface area contributed by atoms with Crippen LogP contribution < -0.4 is 9.47 Å². The fourth-order valence-electron chi connectivity index (χ4n) is 4.28. The van der Waals surface area contributed by atoms with Gasteiger partial charge in [-0.25, -0.2) is 18.4 Å². The molecule has 37 heavy (non-hydrogen) atoms. The van der Waals surface area contributed by atoms with E-state index in [1.54, 1.807) is 19.1 Å². The van der Waals surface area contributed by atoms with Crippen LogP contribution in [-0.4, -0.2) is 30.8 Å². The van der Waals surface area contributed by atoms with Gasteiger partial charge in [0.25, 0.3) is 0 Å². The monoisotopic (exact) mass is 520 g/mol. The molecule has 2 aromatic carbocycles. The third-order valence-corrected chi connectivity index (χ3v) is 6.91. The van der Waals surface area contributed by atoms with Crippen LogP contribution in [0.1, 0.15) is 87.6 Å². The van der Waals surface area contributed by atoms with Crippen LogP contribution in [0.25, 0.3) is 0 Å². The van der Waals surface area contributed by atoms with Crippen molar-refractivity contribution in [1.29, 1.82) is 0 Å². The van der Waals surface area contributed by atoms with Crippen LogP contribution in [0.3, 0.4) is 0 Å². The smallest absolute Gasteiger partial charge is 0.346 e. The number of carbonyl (C=O) groups is 2.